The van der Waals surface area contributed by atoms with Gasteiger partial charge in [0.15, 0.2) is 0 Å². The molecular formula is C16H9F6NO3. The van der Waals surface area contributed by atoms with E-state index in [2.05, 4.69) is 5.32 Å². The average molecular weight is 377 g/mol. The molecule has 2 rings (SSSR count). The molecule has 0 atom stereocenters. The molecule has 2 N–H and O–H groups in total. The molecule has 0 saturated heterocycles. The van der Waals surface area contributed by atoms with Gasteiger partial charge >= 0.3 is 18.3 Å². The van der Waals surface area contributed by atoms with Crippen LogP contribution in [-0.4, -0.2) is 17.0 Å². The number of carbonyl (C=O) groups excluding carboxylic acids is 1. The van der Waals surface area contributed by atoms with Crippen LogP contribution in [0.15, 0.2) is 42.5 Å². The molecule has 0 aromatic heterocycles. The highest BCUT2D eigenvalue weighted by molar-refractivity contribution is 6.04. The number of carbonyl (C=O) groups is 2. The van der Waals surface area contributed by atoms with Crippen LogP contribution in [0.3, 0.4) is 0 Å². The van der Waals surface area contributed by atoms with Gasteiger partial charge in [0.25, 0.3) is 5.91 Å². The van der Waals surface area contributed by atoms with Crippen molar-refractivity contribution in [2.24, 2.45) is 0 Å². The molecule has 0 fully saturated rings. The van der Waals surface area contributed by atoms with Crippen LogP contribution in [0, 0.1) is 0 Å². The fourth-order valence-electron chi connectivity index (χ4n) is 2.07. The first-order valence-corrected chi connectivity index (χ1v) is 6.83. The van der Waals surface area contributed by atoms with Crippen molar-refractivity contribution in [1.29, 1.82) is 0 Å². The summed E-state index contributed by atoms with van der Waals surface area (Å²) in [7, 11) is 0. The minimum Gasteiger partial charge on any atom is -0.478 e. The molecule has 0 aliphatic heterocycles. The minimum absolute atomic E-state index is 0.0634. The Hall–Kier alpha value is -3.04. The summed E-state index contributed by atoms with van der Waals surface area (Å²) in [5.74, 6) is -2.30. The van der Waals surface area contributed by atoms with Crippen LogP contribution in [0.25, 0.3) is 0 Å². The van der Waals surface area contributed by atoms with Gasteiger partial charge in [0, 0.05) is 11.3 Å². The first-order valence-electron chi connectivity index (χ1n) is 6.83. The zero-order valence-corrected chi connectivity index (χ0v) is 12.6. The molecule has 26 heavy (non-hydrogen) atoms. The lowest BCUT2D eigenvalue weighted by atomic mass is 10.0. The lowest BCUT2D eigenvalue weighted by Crippen LogP contribution is -2.19. The van der Waals surface area contributed by atoms with Crippen LogP contribution in [0.5, 0.6) is 0 Å². The Morgan fingerprint density at radius 2 is 1.27 bits per heavy atom. The van der Waals surface area contributed by atoms with Crippen LogP contribution in [0.1, 0.15) is 31.8 Å². The Labute approximate surface area is 142 Å². The molecule has 0 aliphatic rings. The molecule has 10 heteroatoms. The molecular weight excluding hydrogens is 368 g/mol. The van der Waals surface area contributed by atoms with Crippen molar-refractivity contribution >= 4 is 17.6 Å². The van der Waals surface area contributed by atoms with E-state index in [9.17, 15) is 35.9 Å². The third-order valence-electron chi connectivity index (χ3n) is 3.28. The highest BCUT2D eigenvalue weighted by Gasteiger charge is 2.43. The second-order valence-electron chi connectivity index (χ2n) is 5.09. The van der Waals surface area contributed by atoms with Gasteiger partial charge in [0.1, 0.15) is 0 Å². The zero-order valence-electron chi connectivity index (χ0n) is 12.6. The summed E-state index contributed by atoms with van der Waals surface area (Å²) >= 11 is 0. The van der Waals surface area contributed by atoms with Gasteiger partial charge in [0.2, 0.25) is 0 Å². The summed E-state index contributed by atoms with van der Waals surface area (Å²) < 4.78 is 76.8. The van der Waals surface area contributed by atoms with Crippen LogP contribution in [-0.2, 0) is 12.4 Å². The van der Waals surface area contributed by atoms with E-state index in [1.54, 1.807) is 0 Å². The van der Waals surface area contributed by atoms with E-state index in [1.807, 2.05) is 0 Å². The van der Waals surface area contributed by atoms with E-state index < -0.39 is 40.9 Å². The van der Waals surface area contributed by atoms with E-state index in [-0.39, 0.29) is 23.4 Å². The maximum Gasteiger partial charge on any atom is 0.417 e. The minimum atomic E-state index is -5.30. The molecule has 0 saturated carbocycles. The summed E-state index contributed by atoms with van der Waals surface area (Å²) in [4.78, 5) is 22.7. The lowest BCUT2D eigenvalue weighted by Gasteiger charge is -2.16. The van der Waals surface area contributed by atoms with Gasteiger partial charge in [-0.15, -0.1) is 0 Å². The number of carboxylic acid groups (broad SMARTS) is 1. The van der Waals surface area contributed by atoms with Gasteiger partial charge in [-0.1, -0.05) is 0 Å². The van der Waals surface area contributed by atoms with E-state index in [4.69, 9.17) is 5.11 Å². The predicted molar refractivity (Wildman–Crippen MR) is 77.8 cm³/mol. The summed E-state index contributed by atoms with van der Waals surface area (Å²) in [6.45, 7) is 0. The van der Waals surface area contributed by atoms with Gasteiger partial charge in [-0.3, -0.25) is 4.79 Å². The molecule has 0 unspecified atom stereocenters. The Morgan fingerprint density at radius 3 is 1.73 bits per heavy atom. The molecule has 0 bridgehead atoms. The van der Waals surface area contributed by atoms with Crippen LogP contribution < -0.4 is 5.32 Å². The number of anilines is 1. The molecule has 138 valence electrons. The summed E-state index contributed by atoms with van der Waals surface area (Å²) in [5, 5.41) is 10.9. The Kier molecular flexibility index (Phi) is 4.97. The predicted octanol–water partition coefficient (Wildman–Crippen LogP) is 4.67. The molecule has 0 spiro atoms. The lowest BCUT2D eigenvalue weighted by molar-refractivity contribution is -0.162. The van der Waals surface area contributed by atoms with Gasteiger partial charge < -0.3 is 10.4 Å². The maximum absolute atomic E-state index is 12.9. The van der Waals surface area contributed by atoms with Crippen molar-refractivity contribution < 1.29 is 41.0 Å². The number of carboxylic acids is 1. The molecule has 2 aromatic rings. The standard InChI is InChI=1S/C16H9F6NO3/c17-15(18,19)11-6-3-9(7-12(11)16(20,21)22)13(24)23-10-4-1-8(2-5-10)14(25)26/h1-7H,(H,23,24)(H,25,26). The molecule has 0 heterocycles. The number of hydrogen-bond acceptors (Lipinski definition) is 2. The van der Waals surface area contributed by atoms with Crippen molar-refractivity contribution in [2.75, 3.05) is 5.32 Å². The number of rotatable bonds is 3. The number of aromatic carboxylic acids is 1. The fourth-order valence-corrected chi connectivity index (χ4v) is 2.07. The molecule has 4 nitrogen and oxygen atoms in total. The summed E-state index contributed by atoms with van der Waals surface area (Å²) in [6, 6.07) is 5.60. The van der Waals surface area contributed by atoms with E-state index in [0.29, 0.717) is 6.07 Å². The number of benzene rings is 2. The van der Waals surface area contributed by atoms with Crippen molar-refractivity contribution in [2.45, 2.75) is 12.4 Å². The monoisotopic (exact) mass is 377 g/mol. The van der Waals surface area contributed by atoms with E-state index >= 15 is 0 Å². The smallest absolute Gasteiger partial charge is 0.417 e. The third-order valence-corrected chi connectivity index (χ3v) is 3.28. The number of alkyl halides is 6. The quantitative estimate of drug-likeness (QED) is 0.764. The largest absolute Gasteiger partial charge is 0.478 e. The van der Waals surface area contributed by atoms with Gasteiger partial charge in [-0.25, -0.2) is 4.79 Å². The zero-order chi connectivity index (χ0) is 19.7. The Morgan fingerprint density at radius 1 is 0.769 bits per heavy atom. The number of hydrogen-bond donors (Lipinski definition) is 2. The highest BCUT2D eigenvalue weighted by Crippen LogP contribution is 2.40. The SMILES string of the molecule is O=C(O)c1ccc(NC(=O)c2ccc(C(F)(F)F)c(C(F)(F)F)c2)cc1. The highest BCUT2D eigenvalue weighted by atomic mass is 19.4. The van der Waals surface area contributed by atoms with Crippen molar-refractivity contribution in [1.82, 2.24) is 0 Å². The number of halogens is 6. The average Bonchev–Trinajstić information content (AvgIpc) is 2.53. The number of nitrogens with one attached hydrogen (secondary N) is 1. The van der Waals surface area contributed by atoms with Crippen molar-refractivity contribution in [3.05, 3.63) is 64.7 Å². The first kappa shape index (κ1) is 19.3. The molecule has 2 aromatic carbocycles. The van der Waals surface area contributed by atoms with Gasteiger partial charge in [-0.05, 0) is 42.5 Å². The summed E-state index contributed by atoms with van der Waals surface area (Å²) in [6.07, 6.45) is -10.5. The van der Waals surface area contributed by atoms with Crippen molar-refractivity contribution in [3.8, 4) is 0 Å². The Bertz CT molecular complexity index is 841. The topological polar surface area (TPSA) is 66.4 Å². The second-order valence-corrected chi connectivity index (χ2v) is 5.09. The van der Waals surface area contributed by atoms with Crippen LogP contribution in [0.4, 0.5) is 32.0 Å². The van der Waals surface area contributed by atoms with Crippen molar-refractivity contribution in [3.63, 3.8) is 0 Å². The molecule has 0 radical (unpaired) electrons. The first-order chi connectivity index (χ1) is 11.9. The van der Waals surface area contributed by atoms with Gasteiger partial charge in [0.05, 0.1) is 16.7 Å². The fraction of sp³-hybridized carbons (Fsp3) is 0.125. The second kappa shape index (κ2) is 6.70. The summed E-state index contributed by atoms with van der Waals surface area (Å²) in [5.41, 5.74) is -4.52. The molecule has 1 amide bonds. The van der Waals surface area contributed by atoms with Crippen LogP contribution in [0.2, 0.25) is 0 Å². The Balaban J connectivity index is 2.33. The van der Waals surface area contributed by atoms with Gasteiger partial charge in [-0.2, -0.15) is 26.3 Å². The molecule has 0 aliphatic carbocycles. The van der Waals surface area contributed by atoms with E-state index in [1.165, 1.54) is 12.1 Å². The maximum atomic E-state index is 12.9. The number of amides is 1. The normalized spacial score (nSPS) is 11.9. The third kappa shape index (κ3) is 4.32. The van der Waals surface area contributed by atoms with E-state index in [0.717, 1.165) is 12.1 Å². The van der Waals surface area contributed by atoms with Crippen LogP contribution >= 0.6 is 0 Å².